The summed E-state index contributed by atoms with van der Waals surface area (Å²) in [4.78, 5) is 26.2. The van der Waals surface area contributed by atoms with Crippen molar-refractivity contribution in [2.24, 2.45) is 0 Å². The number of anilines is 2. The Morgan fingerprint density at radius 2 is 1.42 bits per heavy atom. The third-order valence-corrected chi connectivity index (χ3v) is 10.2. The minimum Gasteiger partial charge on any atom is -0.397 e. The molecule has 2 amide bonds. The van der Waals surface area contributed by atoms with Gasteiger partial charge in [0.25, 0.3) is 0 Å². The number of unbranched alkanes of at least 4 members (excludes halogenated alkanes) is 1. The third kappa shape index (κ3) is 10.3. The summed E-state index contributed by atoms with van der Waals surface area (Å²) in [5.74, 6) is 0.630. The van der Waals surface area contributed by atoms with Crippen LogP contribution in [0.3, 0.4) is 0 Å². The van der Waals surface area contributed by atoms with E-state index in [9.17, 15) is 14.7 Å². The zero-order chi connectivity index (χ0) is 36.1. The number of carbonyl (C=O) groups excluding carboxylic acids is 2. The van der Waals surface area contributed by atoms with Gasteiger partial charge in [-0.2, -0.15) is 0 Å². The van der Waals surface area contributed by atoms with E-state index in [4.69, 9.17) is 15.2 Å². The van der Waals surface area contributed by atoms with Crippen LogP contribution in [0.1, 0.15) is 66.8 Å². The number of aliphatic hydroxyl groups is 1. The molecular weight excluding hydrogens is 671 g/mol. The second-order valence-corrected chi connectivity index (χ2v) is 14.0. The van der Waals surface area contributed by atoms with E-state index in [-0.39, 0.29) is 30.6 Å². The molecule has 0 saturated carbocycles. The standard InChI is InChI=1S/C43H45N3O5S/c44-38-14-6-7-15-39(38)46-42(49)17-9-8-16-41(48)45-27-34-10-4-5-13-37(34)31-22-24-33(25-23-31)43-50-35(29-52-36-11-2-1-3-12-36)26-40(51-43)32-20-18-30(28-47)19-21-32/h1-7,10-15,18-25,35,40,43,47H,8-9,16-17,26-29,44H2,(H,45,48)(H,46,49)/t35-,40+,43+/m0/s1. The quantitative estimate of drug-likeness (QED) is 0.0487. The highest BCUT2D eigenvalue weighted by atomic mass is 32.2. The van der Waals surface area contributed by atoms with E-state index in [1.807, 2.05) is 72.8 Å². The molecule has 0 aliphatic carbocycles. The first-order chi connectivity index (χ1) is 25.4. The number of para-hydroxylation sites is 2. The molecule has 0 bridgehead atoms. The molecule has 268 valence electrons. The Labute approximate surface area is 309 Å². The highest BCUT2D eigenvalue weighted by Crippen LogP contribution is 2.40. The number of carbonyl (C=O) groups is 2. The zero-order valence-corrected chi connectivity index (χ0v) is 29.9. The van der Waals surface area contributed by atoms with Gasteiger partial charge in [-0.25, -0.2) is 0 Å². The number of nitrogens with one attached hydrogen (secondary N) is 2. The first-order valence-electron chi connectivity index (χ1n) is 17.7. The van der Waals surface area contributed by atoms with Crippen molar-refractivity contribution in [1.29, 1.82) is 0 Å². The second kappa shape index (κ2) is 18.5. The molecule has 0 aromatic heterocycles. The molecule has 1 fully saturated rings. The maximum absolute atomic E-state index is 12.7. The minimum atomic E-state index is -0.538. The van der Waals surface area contributed by atoms with Gasteiger partial charge in [0.2, 0.25) is 11.8 Å². The number of amides is 2. The van der Waals surface area contributed by atoms with Gasteiger partial charge in [0.15, 0.2) is 6.29 Å². The van der Waals surface area contributed by atoms with Gasteiger partial charge in [-0.15, -0.1) is 11.8 Å². The van der Waals surface area contributed by atoms with Gasteiger partial charge in [-0.3, -0.25) is 9.59 Å². The summed E-state index contributed by atoms with van der Waals surface area (Å²) in [5, 5.41) is 15.4. The fourth-order valence-electron chi connectivity index (χ4n) is 6.18. The lowest BCUT2D eigenvalue weighted by molar-refractivity contribution is -0.245. The number of ether oxygens (including phenoxy) is 2. The number of benzene rings is 5. The van der Waals surface area contributed by atoms with E-state index in [0.29, 0.717) is 43.6 Å². The number of rotatable bonds is 15. The average molecular weight is 716 g/mol. The van der Waals surface area contributed by atoms with Crippen molar-refractivity contribution < 1.29 is 24.2 Å². The van der Waals surface area contributed by atoms with Crippen molar-refractivity contribution in [3.8, 4) is 11.1 Å². The normalized spacial score (nSPS) is 17.0. The Balaban J connectivity index is 1.05. The van der Waals surface area contributed by atoms with Gasteiger partial charge in [0.05, 0.1) is 30.2 Å². The lowest BCUT2D eigenvalue weighted by Crippen LogP contribution is -2.31. The first-order valence-corrected chi connectivity index (χ1v) is 18.7. The molecule has 6 rings (SSSR count). The molecule has 8 nitrogen and oxygen atoms in total. The fourth-order valence-corrected chi connectivity index (χ4v) is 7.12. The summed E-state index contributed by atoms with van der Waals surface area (Å²) < 4.78 is 13.1. The summed E-state index contributed by atoms with van der Waals surface area (Å²) in [7, 11) is 0. The molecule has 0 radical (unpaired) electrons. The summed E-state index contributed by atoms with van der Waals surface area (Å²) in [5.41, 5.74) is 13.0. The lowest BCUT2D eigenvalue weighted by atomic mass is 9.97. The molecule has 1 saturated heterocycles. The van der Waals surface area contributed by atoms with Gasteiger partial charge in [-0.05, 0) is 64.9 Å². The van der Waals surface area contributed by atoms with Gasteiger partial charge in [0.1, 0.15) is 0 Å². The molecule has 3 atom stereocenters. The topological polar surface area (TPSA) is 123 Å². The van der Waals surface area contributed by atoms with Gasteiger partial charge in [0, 0.05) is 42.0 Å². The van der Waals surface area contributed by atoms with Crippen LogP contribution < -0.4 is 16.4 Å². The molecular formula is C43H45N3O5S. The van der Waals surface area contributed by atoms with E-state index in [1.54, 1.807) is 23.9 Å². The summed E-state index contributed by atoms with van der Waals surface area (Å²) in [6, 6.07) is 41.7. The molecule has 1 aliphatic rings. The Bertz CT molecular complexity index is 1900. The number of nitrogen functional groups attached to an aromatic ring is 1. The van der Waals surface area contributed by atoms with Gasteiger partial charge >= 0.3 is 0 Å². The first kappa shape index (κ1) is 36.8. The Morgan fingerprint density at radius 3 is 2.17 bits per heavy atom. The van der Waals surface area contributed by atoms with Crippen LogP contribution in [0.2, 0.25) is 0 Å². The van der Waals surface area contributed by atoms with Crippen LogP contribution in [0.4, 0.5) is 11.4 Å². The van der Waals surface area contributed by atoms with E-state index in [0.717, 1.165) is 45.6 Å². The number of aliphatic hydroxyl groups excluding tert-OH is 1. The van der Waals surface area contributed by atoms with Crippen LogP contribution in [-0.4, -0.2) is 28.8 Å². The van der Waals surface area contributed by atoms with Crippen LogP contribution >= 0.6 is 11.8 Å². The molecule has 5 N–H and O–H groups in total. The maximum atomic E-state index is 12.7. The summed E-state index contributed by atoms with van der Waals surface area (Å²) >= 11 is 1.78. The monoisotopic (exact) mass is 715 g/mol. The number of thioether (sulfide) groups is 1. The van der Waals surface area contributed by atoms with E-state index >= 15 is 0 Å². The molecule has 5 aromatic carbocycles. The third-order valence-electron chi connectivity index (χ3n) is 9.07. The highest BCUT2D eigenvalue weighted by molar-refractivity contribution is 7.99. The smallest absolute Gasteiger partial charge is 0.224 e. The Kier molecular flexibility index (Phi) is 13.1. The average Bonchev–Trinajstić information content (AvgIpc) is 3.19. The fraction of sp³-hybridized carbons (Fsp3) is 0.256. The van der Waals surface area contributed by atoms with Crippen molar-refractivity contribution in [3.63, 3.8) is 0 Å². The minimum absolute atomic E-state index is 0.00369. The highest BCUT2D eigenvalue weighted by Gasteiger charge is 2.32. The van der Waals surface area contributed by atoms with E-state index < -0.39 is 6.29 Å². The lowest BCUT2D eigenvalue weighted by Gasteiger charge is -2.36. The molecule has 9 heteroatoms. The molecule has 0 unspecified atom stereocenters. The van der Waals surface area contributed by atoms with Crippen molar-refractivity contribution >= 4 is 35.0 Å². The van der Waals surface area contributed by atoms with Crippen LogP contribution in [-0.2, 0) is 32.2 Å². The molecule has 1 aliphatic heterocycles. The van der Waals surface area contributed by atoms with E-state index in [2.05, 4.69) is 53.1 Å². The van der Waals surface area contributed by atoms with Crippen LogP contribution in [0.25, 0.3) is 11.1 Å². The van der Waals surface area contributed by atoms with Gasteiger partial charge < -0.3 is 30.9 Å². The largest absolute Gasteiger partial charge is 0.397 e. The van der Waals surface area contributed by atoms with Crippen LogP contribution in [0.5, 0.6) is 0 Å². The SMILES string of the molecule is Nc1ccccc1NC(=O)CCCCC(=O)NCc1ccccc1-c1ccc([C@@H]2O[C@H](CSc3ccccc3)C[C@H](c3ccc(CO)cc3)O2)cc1. The Hall–Kier alpha value is -4.93. The number of hydrogen-bond donors (Lipinski definition) is 4. The number of hydrogen-bond acceptors (Lipinski definition) is 7. The molecule has 0 spiro atoms. The predicted octanol–water partition coefficient (Wildman–Crippen LogP) is 8.58. The zero-order valence-electron chi connectivity index (χ0n) is 29.1. The van der Waals surface area contributed by atoms with Crippen LogP contribution in [0.15, 0.2) is 132 Å². The van der Waals surface area contributed by atoms with Crippen molar-refractivity contribution in [2.75, 3.05) is 16.8 Å². The predicted molar refractivity (Wildman–Crippen MR) is 207 cm³/mol. The van der Waals surface area contributed by atoms with Gasteiger partial charge in [-0.1, -0.05) is 103 Å². The van der Waals surface area contributed by atoms with Crippen molar-refractivity contribution in [3.05, 3.63) is 150 Å². The molecule has 5 aromatic rings. The Morgan fingerprint density at radius 1 is 0.750 bits per heavy atom. The summed E-state index contributed by atoms with van der Waals surface area (Å²) in [6.07, 6.45) is 1.89. The molecule has 52 heavy (non-hydrogen) atoms. The van der Waals surface area contributed by atoms with Crippen molar-refractivity contribution in [2.45, 2.75) is 68.6 Å². The van der Waals surface area contributed by atoms with Crippen LogP contribution in [0, 0.1) is 0 Å². The molecule has 1 heterocycles. The second-order valence-electron chi connectivity index (χ2n) is 12.9. The summed E-state index contributed by atoms with van der Waals surface area (Å²) in [6.45, 7) is 0.403. The van der Waals surface area contributed by atoms with Crippen molar-refractivity contribution in [1.82, 2.24) is 5.32 Å². The number of nitrogens with two attached hydrogens (primary N) is 1. The maximum Gasteiger partial charge on any atom is 0.224 e. The van der Waals surface area contributed by atoms with E-state index in [1.165, 1.54) is 4.90 Å².